The Labute approximate surface area is 123 Å². The first kappa shape index (κ1) is 14.3. The number of halogens is 2. The number of amides is 1. The molecule has 1 heterocycles. The van der Waals surface area contributed by atoms with Crippen LogP contribution in [0, 0.1) is 12.7 Å². The van der Waals surface area contributed by atoms with E-state index < -0.39 is 5.82 Å². The zero-order valence-electron chi connectivity index (χ0n) is 9.94. The lowest BCUT2D eigenvalue weighted by molar-refractivity contribution is -0.113. The minimum absolute atomic E-state index is 0.0130. The Morgan fingerprint density at radius 2 is 2.37 bits per heavy atom. The molecule has 1 N–H and O–H groups in total. The summed E-state index contributed by atoms with van der Waals surface area (Å²) in [6.45, 7) is 1.90. The molecule has 19 heavy (non-hydrogen) atoms. The van der Waals surface area contributed by atoms with Gasteiger partial charge < -0.3 is 5.32 Å². The number of aromatic nitrogens is 1. The number of thiazole rings is 1. The van der Waals surface area contributed by atoms with Crippen LogP contribution in [0.3, 0.4) is 0 Å². The summed E-state index contributed by atoms with van der Waals surface area (Å²) in [4.78, 5) is 15.9. The number of hydrogen-bond donors (Lipinski definition) is 1. The number of aryl methyl sites for hydroxylation is 1. The van der Waals surface area contributed by atoms with Crippen LogP contribution >= 0.6 is 34.7 Å². The van der Waals surface area contributed by atoms with E-state index in [0.717, 1.165) is 10.0 Å². The lowest BCUT2D eigenvalue weighted by Gasteiger charge is -2.05. The maximum absolute atomic E-state index is 13.0. The van der Waals surface area contributed by atoms with Crippen LogP contribution in [0.5, 0.6) is 0 Å². The average molecular weight is 317 g/mol. The molecule has 0 radical (unpaired) electrons. The summed E-state index contributed by atoms with van der Waals surface area (Å²) >= 11 is 8.50. The molecular weight excluding hydrogens is 307 g/mol. The highest BCUT2D eigenvalue weighted by molar-refractivity contribution is 8.01. The van der Waals surface area contributed by atoms with E-state index in [1.807, 2.05) is 12.3 Å². The van der Waals surface area contributed by atoms with Crippen molar-refractivity contribution in [3.8, 4) is 0 Å². The molecule has 2 aromatic rings. The Balaban J connectivity index is 1.88. The monoisotopic (exact) mass is 316 g/mol. The summed E-state index contributed by atoms with van der Waals surface area (Å²) in [5.41, 5.74) is 1.42. The molecule has 7 heteroatoms. The molecule has 1 aromatic heterocycles. The van der Waals surface area contributed by atoms with Crippen molar-refractivity contribution in [2.45, 2.75) is 11.3 Å². The highest BCUT2D eigenvalue weighted by Gasteiger charge is 2.07. The van der Waals surface area contributed by atoms with E-state index in [-0.39, 0.29) is 16.7 Å². The molecule has 0 atom stereocenters. The van der Waals surface area contributed by atoms with Crippen LogP contribution in [0.1, 0.15) is 5.69 Å². The van der Waals surface area contributed by atoms with Gasteiger partial charge in [-0.3, -0.25) is 4.79 Å². The highest BCUT2D eigenvalue weighted by atomic mass is 35.5. The fraction of sp³-hybridized carbons (Fsp3) is 0.167. The van der Waals surface area contributed by atoms with E-state index in [9.17, 15) is 9.18 Å². The van der Waals surface area contributed by atoms with Crippen molar-refractivity contribution in [3.05, 3.63) is 40.1 Å². The Hall–Kier alpha value is -1.11. The lowest BCUT2D eigenvalue weighted by atomic mass is 10.3. The molecule has 0 aliphatic carbocycles. The first-order valence-electron chi connectivity index (χ1n) is 5.34. The van der Waals surface area contributed by atoms with Gasteiger partial charge in [0.05, 0.1) is 10.8 Å². The van der Waals surface area contributed by atoms with E-state index in [2.05, 4.69) is 10.3 Å². The van der Waals surface area contributed by atoms with Gasteiger partial charge in [-0.1, -0.05) is 23.4 Å². The number of hydrogen-bond acceptors (Lipinski definition) is 4. The number of nitrogens with zero attached hydrogens (tertiary/aromatic N) is 1. The molecule has 1 aromatic carbocycles. The third-order valence-corrected chi connectivity index (χ3v) is 4.56. The fourth-order valence-electron chi connectivity index (χ4n) is 1.30. The second-order valence-electron chi connectivity index (χ2n) is 3.72. The van der Waals surface area contributed by atoms with E-state index >= 15 is 0 Å². The van der Waals surface area contributed by atoms with Gasteiger partial charge in [0.2, 0.25) is 5.91 Å². The van der Waals surface area contributed by atoms with Gasteiger partial charge in [0, 0.05) is 16.8 Å². The Morgan fingerprint density at radius 3 is 3.00 bits per heavy atom. The topological polar surface area (TPSA) is 42.0 Å². The molecule has 100 valence electrons. The first-order chi connectivity index (χ1) is 9.04. The zero-order valence-corrected chi connectivity index (χ0v) is 12.3. The summed E-state index contributed by atoms with van der Waals surface area (Å²) in [7, 11) is 0. The van der Waals surface area contributed by atoms with Crippen molar-refractivity contribution in [1.82, 2.24) is 4.98 Å². The second-order valence-corrected chi connectivity index (χ2v) is 6.21. The summed E-state index contributed by atoms with van der Waals surface area (Å²) in [5.74, 6) is -0.435. The summed E-state index contributed by atoms with van der Waals surface area (Å²) in [5, 5.41) is 4.57. The largest absolute Gasteiger partial charge is 0.325 e. The lowest BCUT2D eigenvalue weighted by Crippen LogP contribution is -2.13. The Kier molecular flexibility index (Phi) is 4.79. The van der Waals surface area contributed by atoms with E-state index in [1.165, 1.54) is 41.3 Å². The highest BCUT2D eigenvalue weighted by Crippen LogP contribution is 2.23. The summed E-state index contributed by atoms with van der Waals surface area (Å²) in [6.07, 6.45) is 0. The maximum Gasteiger partial charge on any atom is 0.234 e. The number of carbonyl (C=O) groups excluding carboxylic acids is 1. The van der Waals surface area contributed by atoms with Crippen LogP contribution in [0.2, 0.25) is 5.02 Å². The molecule has 0 saturated heterocycles. The van der Waals surface area contributed by atoms with Gasteiger partial charge in [-0.25, -0.2) is 9.37 Å². The molecule has 0 fully saturated rings. The SMILES string of the molecule is Cc1csc(SCC(=O)Nc2ccc(F)c(Cl)c2)n1. The summed E-state index contributed by atoms with van der Waals surface area (Å²) in [6, 6.07) is 4.07. The number of nitrogens with one attached hydrogen (secondary N) is 1. The van der Waals surface area contributed by atoms with Crippen LogP contribution in [-0.4, -0.2) is 16.6 Å². The van der Waals surface area contributed by atoms with Gasteiger partial charge >= 0.3 is 0 Å². The van der Waals surface area contributed by atoms with Crippen molar-refractivity contribution >= 4 is 46.3 Å². The van der Waals surface area contributed by atoms with Crippen LogP contribution in [0.4, 0.5) is 10.1 Å². The first-order valence-corrected chi connectivity index (χ1v) is 7.59. The van der Waals surface area contributed by atoms with Crippen molar-refractivity contribution in [2.24, 2.45) is 0 Å². The summed E-state index contributed by atoms with van der Waals surface area (Å²) < 4.78 is 13.8. The van der Waals surface area contributed by atoms with Gasteiger partial charge in [0.25, 0.3) is 0 Å². The smallest absolute Gasteiger partial charge is 0.234 e. The fourth-order valence-corrected chi connectivity index (χ4v) is 3.13. The number of carbonyl (C=O) groups is 1. The standard InChI is InChI=1S/C12H10ClFN2OS2/c1-7-5-18-12(15-7)19-6-11(17)16-8-2-3-10(14)9(13)4-8/h2-5H,6H2,1H3,(H,16,17). The van der Waals surface area contributed by atoms with Crippen molar-refractivity contribution in [1.29, 1.82) is 0 Å². The van der Waals surface area contributed by atoms with Crippen molar-refractivity contribution < 1.29 is 9.18 Å². The molecule has 0 spiro atoms. The second kappa shape index (κ2) is 6.36. The van der Waals surface area contributed by atoms with E-state index in [0.29, 0.717) is 5.69 Å². The minimum Gasteiger partial charge on any atom is -0.325 e. The van der Waals surface area contributed by atoms with Gasteiger partial charge in [0.15, 0.2) is 4.34 Å². The van der Waals surface area contributed by atoms with Gasteiger partial charge in [-0.2, -0.15) is 0 Å². The molecule has 0 aliphatic heterocycles. The predicted octanol–water partition coefficient (Wildman–Crippen LogP) is 3.97. The van der Waals surface area contributed by atoms with Gasteiger partial charge in [-0.05, 0) is 25.1 Å². The molecule has 0 unspecified atom stereocenters. The predicted molar refractivity (Wildman–Crippen MR) is 77.6 cm³/mol. The molecule has 0 aliphatic rings. The Morgan fingerprint density at radius 1 is 1.58 bits per heavy atom. The number of anilines is 1. The van der Waals surface area contributed by atoms with Gasteiger partial charge in [0.1, 0.15) is 5.82 Å². The molecule has 0 bridgehead atoms. The van der Waals surface area contributed by atoms with Crippen LogP contribution in [-0.2, 0) is 4.79 Å². The minimum atomic E-state index is -0.507. The third kappa shape index (κ3) is 4.19. The molecular formula is C12H10ClFN2OS2. The van der Waals surface area contributed by atoms with Crippen LogP contribution < -0.4 is 5.32 Å². The molecule has 3 nitrogen and oxygen atoms in total. The van der Waals surface area contributed by atoms with Crippen LogP contribution in [0.25, 0.3) is 0 Å². The number of rotatable bonds is 4. The zero-order chi connectivity index (χ0) is 13.8. The molecule has 1 amide bonds. The number of thioether (sulfide) groups is 1. The molecule has 0 saturated carbocycles. The van der Waals surface area contributed by atoms with E-state index in [4.69, 9.17) is 11.6 Å². The van der Waals surface area contributed by atoms with Crippen molar-refractivity contribution in [2.75, 3.05) is 11.1 Å². The maximum atomic E-state index is 13.0. The van der Waals surface area contributed by atoms with Gasteiger partial charge in [-0.15, -0.1) is 11.3 Å². The van der Waals surface area contributed by atoms with Crippen molar-refractivity contribution in [3.63, 3.8) is 0 Å². The molecule has 2 rings (SSSR count). The Bertz CT molecular complexity index is 603. The van der Waals surface area contributed by atoms with Crippen LogP contribution in [0.15, 0.2) is 27.9 Å². The average Bonchev–Trinajstić information content (AvgIpc) is 2.77. The van der Waals surface area contributed by atoms with E-state index in [1.54, 1.807) is 0 Å². The third-order valence-electron chi connectivity index (χ3n) is 2.13. The number of benzene rings is 1. The quantitative estimate of drug-likeness (QED) is 0.868. The normalized spacial score (nSPS) is 10.5.